The first-order valence-electron chi connectivity index (χ1n) is 28.1. The number of allylic oxidation sites excluding steroid dienone is 2. The van der Waals surface area contributed by atoms with Crippen LogP contribution in [-0.2, 0) is 21.7 Å². The van der Waals surface area contributed by atoms with Gasteiger partial charge in [0.25, 0.3) is 0 Å². The molecule has 1 heterocycles. The molecule has 0 amide bonds. The standard InChI is InChI=1S/C75H71N3S/c1-72(2,3)53-27-17-47(18-28-53)58-37-38-59(71-70(58)77-79-78-71)48-25-35-57(36-26-48)76-45-46-13-15-49(16-14-46)64-43-65(50-19-29-54(30-20-50)73(4,5)6)61-41-42-63-67(52-23-33-56(34-24-52)75(10,11)12)44-66(62-40-39-60(64)68(61)69(62)63)51-21-31-55(32-22-51)74(7,8)9/h13-45,64,66H,1-12H3. The number of aromatic nitrogens is 2. The van der Waals surface area contributed by atoms with Gasteiger partial charge in [-0.25, -0.2) is 0 Å². The van der Waals surface area contributed by atoms with Crippen molar-refractivity contribution < 1.29 is 0 Å². The van der Waals surface area contributed by atoms with Gasteiger partial charge >= 0.3 is 0 Å². The Hall–Kier alpha value is -7.79. The highest BCUT2D eigenvalue weighted by Gasteiger charge is 2.32. The van der Waals surface area contributed by atoms with Crippen molar-refractivity contribution in [1.29, 1.82) is 0 Å². The highest BCUT2D eigenvalue weighted by molar-refractivity contribution is 7.00. The van der Waals surface area contributed by atoms with Crippen LogP contribution in [0.15, 0.2) is 199 Å². The Morgan fingerprint density at radius 2 is 0.684 bits per heavy atom. The maximum Gasteiger partial charge on any atom is 0.113 e. The molecule has 9 aromatic carbocycles. The van der Waals surface area contributed by atoms with E-state index in [0.29, 0.717) is 0 Å². The van der Waals surface area contributed by atoms with Gasteiger partial charge in [-0.1, -0.05) is 265 Å². The molecule has 79 heavy (non-hydrogen) atoms. The fourth-order valence-corrected chi connectivity index (χ4v) is 12.5. The Labute approximate surface area is 472 Å². The zero-order valence-corrected chi connectivity index (χ0v) is 48.8. The second-order valence-corrected chi connectivity index (χ2v) is 26.7. The third-order valence-electron chi connectivity index (χ3n) is 16.7. The summed E-state index contributed by atoms with van der Waals surface area (Å²) in [5, 5.41) is 2.72. The number of hydrogen-bond acceptors (Lipinski definition) is 4. The number of benzene rings is 9. The van der Waals surface area contributed by atoms with Crippen molar-refractivity contribution in [1.82, 2.24) is 8.75 Å². The van der Waals surface area contributed by atoms with Gasteiger partial charge < -0.3 is 0 Å². The summed E-state index contributed by atoms with van der Waals surface area (Å²) in [6, 6.07) is 68.6. The summed E-state index contributed by atoms with van der Waals surface area (Å²) in [7, 11) is 0. The molecule has 10 aromatic rings. The van der Waals surface area contributed by atoms with Gasteiger partial charge in [0.15, 0.2) is 0 Å². The van der Waals surface area contributed by atoms with E-state index in [-0.39, 0.29) is 33.5 Å². The predicted molar refractivity (Wildman–Crippen MR) is 338 cm³/mol. The van der Waals surface area contributed by atoms with Gasteiger partial charge in [0, 0.05) is 29.2 Å². The van der Waals surface area contributed by atoms with Gasteiger partial charge in [-0.2, -0.15) is 8.75 Å². The Morgan fingerprint density at radius 3 is 1.06 bits per heavy atom. The lowest BCUT2D eigenvalue weighted by atomic mass is 9.70. The molecule has 1 aromatic heterocycles. The SMILES string of the molecule is CC(C)(C)c1ccc(C2=CC(c3ccc(C=Nc4ccc(-c5ccc(-c6ccc(C(C)(C)C)cc6)c6nsnc56)cc4)cc3)c3ccc4c5c(ccc2c35)C(c2ccc(C(C)(C)C)cc2)=CC4c2ccc(C(C)(C)C)cc2)cc1. The predicted octanol–water partition coefficient (Wildman–Crippen LogP) is 20.3. The summed E-state index contributed by atoms with van der Waals surface area (Å²) in [5.41, 5.74) is 26.8. The maximum absolute atomic E-state index is 4.99. The molecule has 2 aliphatic carbocycles. The van der Waals surface area contributed by atoms with E-state index in [9.17, 15) is 0 Å². The van der Waals surface area contributed by atoms with Crippen LogP contribution in [0.5, 0.6) is 0 Å². The van der Waals surface area contributed by atoms with Crippen LogP contribution in [0.25, 0.3) is 55.2 Å². The minimum absolute atomic E-state index is 0.0278. The molecule has 0 saturated carbocycles. The molecule has 0 aliphatic heterocycles. The van der Waals surface area contributed by atoms with Gasteiger partial charge in [-0.05, 0) is 139 Å². The zero-order valence-electron chi connectivity index (χ0n) is 48.0. The molecule has 392 valence electrons. The summed E-state index contributed by atoms with van der Waals surface area (Å²) in [6.45, 7) is 27.4. The van der Waals surface area contributed by atoms with E-state index in [1.807, 2.05) is 6.21 Å². The summed E-state index contributed by atoms with van der Waals surface area (Å²) >= 11 is 1.27. The lowest BCUT2D eigenvalue weighted by Gasteiger charge is -2.33. The largest absolute Gasteiger partial charge is 0.256 e. The first-order chi connectivity index (χ1) is 37.7. The Kier molecular flexibility index (Phi) is 12.8. The average molecular weight is 1050 g/mol. The van der Waals surface area contributed by atoms with E-state index in [4.69, 9.17) is 13.7 Å². The molecule has 12 rings (SSSR count). The normalized spacial score (nSPS) is 15.7. The van der Waals surface area contributed by atoms with E-state index in [1.165, 1.54) is 100 Å². The first-order valence-corrected chi connectivity index (χ1v) is 28.9. The number of fused-ring (bicyclic) bond motifs is 1. The van der Waals surface area contributed by atoms with Crippen molar-refractivity contribution in [3.05, 3.63) is 266 Å². The quantitative estimate of drug-likeness (QED) is 0.142. The van der Waals surface area contributed by atoms with Crippen LogP contribution in [0.1, 0.15) is 167 Å². The fraction of sp³-hybridized carbons (Fsp3) is 0.240. The molecule has 0 fully saturated rings. The first kappa shape index (κ1) is 51.9. The van der Waals surface area contributed by atoms with Crippen molar-refractivity contribution in [2.75, 3.05) is 0 Å². The molecule has 0 radical (unpaired) electrons. The van der Waals surface area contributed by atoms with Crippen LogP contribution >= 0.6 is 11.7 Å². The minimum atomic E-state index is 0.0278. The van der Waals surface area contributed by atoms with Gasteiger partial charge in [0.1, 0.15) is 11.0 Å². The number of hydrogen-bond donors (Lipinski definition) is 0. The molecule has 2 unspecified atom stereocenters. The van der Waals surface area contributed by atoms with Crippen LogP contribution in [0.4, 0.5) is 5.69 Å². The molecule has 0 saturated heterocycles. The van der Waals surface area contributed by atoms with Gasteiger partial charge in [-0.15, -0.1) is 0 Å². The second kappa shape index (κ2) is 19.5. The Bertz CT molecular complexity index is 4030. The molecule has 2 aliphatic rings. The van der Waals surface area contributed by atoms with Crippen LogP contribution < -0.4 is 0 Å². The molecule has 0 spiro atoms. The van der Waals surface area contributed by atoms with E-state index < -0.39 is 0 Å². The monoisotopic (exact) mass is 1050 g/mol. The summed E-state index contributed by atoms with van der Waals surface area (Å²) in [4.78, 5) is 4.99. The average Bonchev–Trinajstić information content (AvgIpc) is 3.33. The van der Waals surface area contributed by atoms with Crippen LogP contribution in [0, 0.1) is 0 Å². The van der Waals surface area contributed by atoms with Gasteiger partial charge in [0.2, 0.25) is 0 Å². The molecular weight excluding hydrogens is 975 g/mol. The van der Waals surface area contributed by atoms with Crippen LogP contribution in [0.2, 0.25) is 0 Å². The molecule has 0 N–H and O–H groups in total. The van der Waals surface area contributed by atoms with Crippen LogP contribution in [0.3, 0.4) is 0 Å². The van der Waals surface area contributed by atoms with E-state index >= 15 is 0 Å². The molecule has 4 heteroatoms. The van der Waals surface area contributed by atoms with E-state index in [0.717, 1.165) is 44.5 Å². The highest BCUT2D eigenvalue weighted by Crippen LogP contribution is 2.52. The van der Waals surface area contributed by atoms with Crippen LogP contribution in [-0.4, -0.2) is 15.0 Å². The maximum atomic E-state index is 4.99. The summed E-state index contributed by atoms with van der Waals surface area (Å²) in [5.74, 6) is 0.108. The van der Waals surface area contributed by atoms with Crippen molar-refractivity contribution in [2.45, 2.75) is 117 Å². The molecular formula is C75H71N3S. The molecule has 2 atom stereocenters. The minimum Gasteiger partial charge on any atom is -0.256 e. The van der Waals surface area contributed by atoms with Crippen molar-refractivity contribution >= 4 is 56.6 Å². The topological polar surface area (TPSA) is 38.1 Å². The lowest BCUT2D eigenvalue weighted by Crippen LogP contribution is -2.14. The third-order valence-corrected chi connectivity index (χ3v) is 17.2. The third kappa shape index (κ3) is 9.84. The van der Waals surface area contributed by atoms with E-state index in [2.05, 4.69) is 277 Å². The number of nitrogens with zero attached hydrogens (tertiary/aromatic N) is 3. The summed E-state index contributed by atoms with van der Waals surface area (Å²) < 4.78 is 9.56. The van der Waals surface area contributed by atoms with Gasteiger partial charge in [-0.3, -0.25) is 4.99 Å². The smallest absolute Gasteiger partial charge is 0.113 e. The number of rotatable bonds is 8. The second-order valence-electron chi connectivity index (χ2n) is 26.2. The van der Waals surface area contributed by atoms with Crippen molar-refractivity contribution in [2.24, 2.45) is 4.99 Å². The lowest BCUT2D eigenvalue weighted by molar-refractivity contribution is 0.589. The molecule has 0 bridgehead atoms. The Balaban J connectivity index is 0.903. The van der Waals surface area contributed by atoms with Crippen molar-refractivity contribution in [3.63, 3.8) is 0 Å². The zero-order chi connectivity index (χ0) is 55.2. The van der Waals surface area contributed by atoms with Gasteiger partial charge in [0.05, 0.1) is 17.4 Å². The Morgan fingerprint density at radius 1 is 0.354 bits per heavy atom. The fourth-order valence-electron chi connectivity index (χ4n) is 11.9. The van der Waals surface area contributed by atoms with E-state index in [1.54, 1.807) is 0 Å². The van der Waals surface area contributed by atoms with Crippen molar-refractivity contribution in [3.8, 4) is 22.3 Å². The number of aliphatic imine (C=N–C) groups is 1. The highest BCUT2D eigenvalue weighted by atomic mass is 32.1. The molecule has 3 nitrogen and oxygen atoms in total. The summed E-state index contributed by atoms with van der Waals surface area (Å²) in [6.07, 6.45) is 7.05.